The molecule has 0 radical (unpaired) electrons. The van der Waals surface area contributed by atoms with E-state index in [0.29, 0.717) is 17.2 Å². The van der Waals surface area contributed by atoms with Gasteiger partial charge >= 0.3 is 0 Å². The summed E-state index contributed by atoms with van der Waals surface area (Å²) >= 11 is 0. The van der Waals surface area contributed by atoms with E-state index in [1.54, 1.807) is 6.20 Å². The van der Waals surface area contributed by atoms with Gasteiger partial charge in [0.25, 0.3) is 5.91 Å². The predicted molar refractivity (Wildman–Crippen MR) is 87.4 cm³/mol. The monoisotopic (exact) mass is 288 g/mol. The molecule has 0 spiro atoms. The van der Waals surface area contributed by atoms with Gasteiger partial charge in [0.2, 0.25) is 0 Å². The maximum Gasteiger partial charge on any atom is 0.253 e. The molecule has 0 aliphatic rings. The maximum absolute atomic E-state index is 12.5. The number of nitrogen functional groups attached to an aromatic ring is 1. The number of amides is 1. The number of nitrogens with two attached hydrogens (primary N) is 1. The average molecular weight is 288 g/mol. The van der Waals surface area contributed by atoms with E-state index in [4.69, 9.17) is 5.73 Å². The third kappa shape index (κ3) is 3.55. The minimum absolute atomic E-state index is 0.0495. The Balaban J connectivity index is 2.21. The number of carbonyl (C=O) groups is 1. The van der Waals surface area contributed by atoms with Gasteiger partial charge in [0, 0.05) is 35.4 Å². The SMILES string of the molecule is CC(C)C(CN(C)C)NC(=O)c1c[nH]c2cc(N)ccc12. The van der Waals surface area contributed by atoms with Crippen LogP contribution in [0.5, 0.6) is 0 Å². The molecule has 114 valence electrons. The van der Waals surface area contributed by atoms with E-state index in [0.717, 1.165) is 17.4 Å². The van der Waals surface area contributed by atoms with Gasteiger partial charge in [-0.25, -0.2) is 0 Å². The highest BCUT2D eigenvalue weighted by Crippen LogP contribution is 2.21. The standard InChI is InChI=1S/C16H24N4O/c1-10(2)15(9-20(3)4)19-16(21)13-8-18-14-7-11(17)5-6-12(13)14/h5-8,10,15,18H,9,17H2,1-4H3,(H,19,21). The summed E-state index contributed by atoms with van der Waals surface area (Å²) in [6.07, 6.45) is 1.74. The summed E-state index contributed by atoms with van der Waals surface area (Å²) in [4.78, 5) is 17.7. The number of nitrogens with one attached hydrogen (secondary N) is 2. The molecule has 1 atom stereocenters. The Morgan fingerprint density at radius 3 is 2.71 bits per heavy atom. The first-order chi connectivity index (χ1) is 9.88. The van der Waals surface area contributed by atoms with Crippen LogP contribution in [0.4, 0.5) is 5.69 Å². The minimum atomic E-state index is -0.0495. The van der Waals surface area contributed by atoms with E-state index in [2.05, 4.69) is 29.0 Å². The van der Waals surface area contributed by atoms with Crippen molar-refractivity contribution in [3.05, 3.63) is 30.0 Å². The second kappa shape index (κ2) is 6.18. The molecular weight excluding hydrogens is 264 g/mol. The molecule has 5 heteroatoms. The molecular formula is C16H24N4O. The van der Waals surface area contributed by atoms with Crippen LogP contribution in [0.2, 0.25) is 0 Å². The summed E-state index contributed by atoms with van der Waals surface area (Å²) < 4.78 is 0. The van der Waals surface area contributed by atoms with Crippen molar-refractivity contribution in [2.75, 3.05) is 26.4 Å². The molecule has 1 amide bonds. The van der Waals surface area contributed by atoms with E-state index < -0.39 is 0 Å². The number of hydrogen-bond donors (Lipinski definition) is 3. The van der Waals surface area contributed by atoms with Crippen molar-refractivity contribution in [3.8, 4) is 0 Å². The largest absolute Gasteiger partial charge is 0.399 e. The molecule has 1 unspecified atom stereocenters. The predicted octanol–water partition coefficient (Wildman–Crippen LogP) is 2.07. The number of carbonyl (C=O) groups excluding carboxylic acids is 1. The van der Waals surface area contributed by atoms with Crippen LogP contribution in [0.3, 0.4) is 0 Å². The molecule has 0 aliphatic heterocycles. The summed E-state index contributed by atoms with van der Waals surface area (Å²) in [6, 6.07) is 5.65. The van der Waals surface area contributed by atoms with E-state index in [1.165, 1.54) is 0 Å². The van der Waals surface area contributed by atoms with Crippen LogP contribution in [-0.4, -0.2) is 42.5 Å². The van der Waals surface area contributed by atoms with Gasteiger partial charge < -0.3 is 20.9 Å². The van der Waals surface area contributed by atoms with Gasteiger partial charge in [-0.3, -0.25) is 4.79 Å². The molecule has 0 fully saturated rings. The lowest BCUT2D eigenvalue weighted by atomic mass is 10.0. The summed E-state index contributed by atoms with van der Waals surface area (Å²) in [5.41, 5.74) is 7.99. The Morgan fingerprint density at radius 1 is 1.38 bits per heavy atom. The number of aromatic nitrogens is 1. The van der Waals surface area contributed by atoms with Crippen molar-refractivity contribution in [2.45, 2.75) is 19.9 Å². The Kier molecular flexibility index (Phi) is 4.53. The lowest BCUT2D eigenvalue weighted by Crippen LogP contribution is -2.44. The Hall–Kier alpha value is -2.01. The lowest BCUT2D eigenvalue weighted by molar-refractivity contribution is 0.0918. The molecule has 4 N–H and O–H groups in total. The molecule has 1 aromatic heterocycles. The van der Waals surface area contributed by atoms with Crippen molar-refractivity contribution in [1.29, 1.82) is 0 Å². The number of aromatic amines is 1. The summed E-state index contributed by atoms with van der Waals surface area (Å²) in [7, 11) is 4.02. The van der Waals surface area contributed by atoms with Crippen LogP contribution >= 0.6 is 0 Å². The van der Waals surface area contributed by atoms with E-state index in [1.807, 2.05) is 32.3 Å². The first-order valence-electron chi connectivity index (χ1n) is 7.20. The van der Waals surface area contributed by atoms with Crippen LogP contribution in [0.25, 0.3) is 10.9 Å². The first kappa shape index (κ1) is 15.4. The Morgan fingerprint density at radius 2 is 2.10 bits per heavy atom. The molecule has 5 nitrogen and oxygen atoms in total. The highest BCUT2D eigenvalue weighted by Gasteiger charge is 2.19. The number of nitrogens with zero attached hydrogens (tertiary/aromatic N) is 1. The maximum atomic E-state index is 12.5. The molecule has 1 aromatic carbocycles. The third-order valence-corrected chi connectivity index (χ3v) is 3.63. The lowest BCUT2D eigenvalue weighted by Gasteiger charge is -2.25. The summed E-state index contributed by atoms with van der Waals surface area (Å²) in [5.74, 6) is 0.323. The quantitative estimate of drug-likeness (QED) is 0.737. The normalized spacial score (nSPS) is 13.0. The zero-order chi connectivity index (χ0) is 15.6. The number of likely N-dealkylation sites (N-methyl/N-ethyl adjacent to an activating group) is 1. The van der Waals surface area contributed by atoms with Crippen LogP contribution < -0.4 is 11.1 Å². The molecule has 0 saturated heterocycles. The molecule has 2 rings (SSSR count). The van der Waals surface area contributed by atoms with Gasteiger partial charge in [0.15, 0.2) is 0 Å². The second-order valence-electron chi connectivity index (χ2n) is 6.09. The van der Waals surface area contributed by atoms with Gasteiger partial charge in [-0.1, -0.05) is 13.8 Å². The number of H-pyrrole nitrogens is 1. The number of fused-ring (bicyclic) bond motifs is 1. The number of rotatable bonds is 5. The van der Waals surface area contributed by atoms with Crippen molar-refractivity contribution in [3.63, 3.8) is 0 Å². The smallest absolute Gasteiger partial charge is 0.253 e. The van der Waals surface area contributed by atoms with Crippen LogP contribution in [0, 0.1) is 5.92 Å². The van der Waals surface area contributed by atoms with E-state index in [-0.39, 0.29) is 11.9 Å². The van der Waals surface area contributed by atoms with E-state index >= 15 is 0 Å². The Bertz CT molecular complexity index is 630. The van der Waals surface area contributed by atoms with Gasteiger partial charge in [0.05, 0.1) is 5.56 Å². The molecule has 1 heterocycles. The van der Waals surface area contributed by atoms with Crippen molar-refractivity contribution in [1.82, 2.24) is 15.2 Å². The van der Waals surface area contributed by atoms with Gasteiger partial charge in [-0.2, -0.15) is 0 Å². The zero-order valence-corrected chi connectivity index (χ0v) is 13.1. The fraction of sp³-hybridized carbons (Fsp3) is 0.438. The zero-order valence-electron chi connectivity index (χ0n) is 13.1. The highest BCUT2D eigenvalue weighted by atomic mass is 16.1. The van der Waals surface area contributed by atoms with Crippen molar-refractivity contribution in [2.24, 2.45) is 5.92 Å². The van der Waals surface area contributed by atoms with Gasteiger partial charge in [-0.05, 0) is 38.2 Å². The Labute approximate surface area is 125 Å². The number of hydrogen-bond acceptors (Lipinski definition) is 3. The van der Waals surface area contributed by atoms with Crippen LogP contribution in [0.15, 0.2) is 24.4 Å². The van der Waals surface area contributed by atoms with Gasteiger partial charge in [0.1, 0.15) is 0 Å². The average Bonchev–Trinajstić information content (AvgIpc) is 2.80. The van der Waals surface area contributed by atoms with Crippen molar-refractivity contribution < 1.29 is 4.79 Å². The van der Waals surface area contributed by atoms with Crippen molar-refractivity contribution >= 4 is 22.5 Å². The highest BCUT2D eigenvalue weighted by molar-refractivity contribution is 6.07. The molecule has 21 heavy (non-hydrogen) atoms. The second-order valence-corrected chi connectivity index (χ2v) is 6.09. The van der Waals surface area contributed by atoms with E-state index in [9.17, 15) is 4.79 Å². The van der Waals surface area contributed by atoms with Crippen LogP contribution in [0.1, 0.15) is 24.2 Å². The molecule has 0 bridgehead atoms. The molecule has 0 aliphatic carbocycles. The summed E-state index contributed by atoms with van der Waals surface area (Å²) in [6.45, 7) is 5.05. The minimum Gasteiger partial charge on any atom is -0.399 e. The number of benzene rings is 1. The number of anilines is 1. The van der Waals surface area contributed by atoms with Crippen LogP contribution in [-0.2, 0) is 0 Å². The fourth-order valence-corrected chi connectivity index (χ4v) is 2.39. The molecule has 0 saturated carbocycles. The first-order valence-corrected chi connectivity index (χ1v) is 7.20. The van der Waals surface area contributed by atoms with Gasteiger partial charge in [-0.15, -0.1) is 0 Å². The topological polar surface area (TPSA) is 74.2 Å². The third-order valence-electron chi connectivity index (χ3n) is 3.63. The fourth-order valence-electron chi connectivity index (χ4n) is 2.39. The summed E-state index contributed by atoms with van der Waals surface area (Å²) in [5, 5.41) is 4.02. The molecule has 2 aromatic rings.